The molecule has 0 atom stereocenters. The van der Waals surface area contributed by atoms with Crippen molar-refractivity contribution in [2.45, 2.75) is 18.9 Å². The molecule has 2 aromatic rings. The molecule has 0 saturated heterocycles. The minimum atomic E-state index is -0.828. The van der Waals surface area contributed by atoms with E-state index in [1.165, 1.54) is 12.3 Å². The Bertz CT molecular complexity index is 813. The second kappa shape index (κ2) is 5.70. The highest BCUT2D eigenvalue weighted by molar-refractivity contribution is 6.31. The first-order chi connectivity index (χ1) is 10.5. The molecule has 0 bridgehead atoms. The Morgan fingerprint density at radius 1 is 1.45 bits per heavy atom. The van der Waals surface area contributed by atoms with Crippen LogP contribution in [0.4, 0.5) is 4.39 Å². The zero-order valence-electron chi connectivity index (χ0n) is 11.5. The summed E-state index contributed by atoms with van der Waals surface area (Å²) in [6, 6.07) is 2.60. The zero-order valence-corrected chi connectivity index (χ0v) is 12.3. The molecule has 1 N–H and O–H groups in total. The molecular formula is C15H13ClFNO4. The fourth-order valence-electron chi connectivity index (χ4n) is 2.36. The summed E-state index contributed by atoms with van der Waals surface area (Å²) in [6.07, 6.45) is 3.26. The topological polar surface area (TPSA) is 68.5 Å². The predicted molar refractivity (Wildman–Crippen MR) is 78.8 cm³/mol. The first-order valence-corrected chi connectivity index (χ1v) is 7.22. The van der Waals surface area contributed by atoms with Gasteiger partial charge in [-0.25, -0.2) is 9.18 Å². The molecule has 116 valence electrons. The Kier molecular flexibility index (Phi) is 3.88. The Hall–Kier alpha value is -1.92. The van der Waals surface area contributed by atoms with Crippen LogP contribution in [0.25, 0.3) is 10.9 Å². The summed E-state index contributed by atoms with van der Waals surface area (Å²) in [7, 11) is 0. The van der Waals surface area contributed by atoms with Gasteiger partial charge < -0.3 is 14.4 Å². The first kappa shape index (κ1) is 15.0. The SMILES string of the molecule is O=C(OCCO)c1cn(C2CC2)c2cc(Cl)c(F)cc2c1=O. The van der Waals surface area contributed by atoms with E-state index in [1.54, 1.807) is 4.57 Å². The first-order valence-electron chi connectivity index (χ1n) is 6.85. The minimum Gasteiger partial charge on any atom is -0.460 e. The number of aliphatic hydroxyl groups is 1. The normalized spacial score (nSPS) is 14.3. The van der Waals surface area contributed by atoms with Crippen molar-refractivity contribution in [1.82, 2.24) is 4.57 Å². The van der Waals surface area contributed by atoms with Crippen LogP contribution in [0, 0.1) is 5.82 Å². The molecule has 1 aliphatic rings. The van der Waals surface area contributed by atoms with Gasteiger partial charge in [0.1, 0.15) is 18.0 Å². The number of ether oxygens (including phenoxy) is 1. The standard InChI is InChI=1S/C15H13ClFNO4/c16-11-6-13-9(5-12(11)17)14(20)10(15(21)22-4-3-19)7-18(13)8-1-2-8/h5-8,19H,1-4H2. The Balaban J connectivity index is 2.22. The maximum absolute atomic E-state index is 13.7. The molecule has 0 aliphatic heterocycles. The summed E-state index contributed by atoms with van der Waals surface area (Å²) < 4.78 is 20.2. The predicted octanol–water partition coefficient (Wildman–Crippen LogP) is 2.28. The minimum absolute atomic E-state index is 0.0723. The summed E-state index contributed by atoms with van der Waals surface area (Å²) in [5.41, 5.74) is -0.280. The van der Waals surface area contributed by atoms with Crippen LogP contribution in [0.3, 0.4) is 0 Å². The van der Waals surface area contributed by atoms with Crippen LogP contribution < -0.4 is 5.43 Å². The monoisotopic (exact) mass is 325 g/mol. The smallest absolute Gasteiger partial charge is 0.343 e. The van der Waals surface area contributed by atoms with Crippen LogP contribution in [0.15, 0.2) is 23.1 Å². The van der Waals surface area contributed by atoms with Crippen LogP contribution in [0.5, 0.6) is 0 Å². The number of aliphatic hydroxyl groups excluding tert-OH is 1. The third-order valence-electron chi connectivity index (χ3n) is 3.56. The second-order valence-corrected chi connectivity index (χ2v) is 5.56. The number of aromatic nitrogens is 1. The molecule has 1 aromatic carbocycles. The van der Waals surface area contributed by atoms with Crippen LogP contribution in [0.2, 0.25) is 5.02 Å². The van der Waals surface area contributed by atoms with Gasteiger partial charge in [0, 0.05) is 17.6 Å². The van der Waals surface area contributed by atoms with Crippen molar-refractivity contribution in [3.63, 3.8) is 0 Å². The van der Waals surface area contributed by atoms with E-state index in [9.17, 15) is 14.0 Å². The van der Waals surface area contributed by atoms with Gasteiger partial charge in [0.25, 0.3) is 0 Å². The summed E-state index contributed by atoms with van der Waals surface area (Å²) in [5.74, 6) is -1.54. The number of benzene rings is 1. The average Bonchev–Trinajstić information content (AvgIpc) is 3.32. The molecule has 3 rings (SSSR count). The highest BCUT2D eigenvalue weighted by atomic mass is 35.5. The number of carbonyl (C=O) groups excluding carboxylic acids is 1. The molecule has 1 saturated carbocycles. The van der Waals surface area contributed by atoms with Crippen molar-refractivity contribution in [3.05, 3.63) is 45.0 Å². The highest BCUT2D eigenvalue weighted by Gasteiger charge is 2.27. The second-order valence-electron chi connectivity index (χ2n) is 5.15. The van der Waals surface area contributed by atoms with Gasteiger partial charge >= 0.3 is 5.97 Å². The van der Waals surface area contributed by atoms with E-state index in [0.29, 0.717) is 5.52 Å². The van der Waals surface area contributed by atoms with Gasteiger partial charge in [-0.2, -0.15) is 0 Å². The molecule has 1 aliphatic carbocycles. The average molecular weight is 326 g/mol. The maximum atomic E-state index is 13.7. The van der Waals surface area contributed by atoms with E-state index in [4.69, 9.17) is 21.4 Å². The summed E-state index contributed by atoms with van der Waals surface area (Å²) >= 11 is 5.80. The van der Waals surface area contributed by atoms with E-state index in [1.807, 2.05) is 0 Å². The summed E-state index contributed by atoms with van der Waals surface area (Å²) in [6.45, 7) is -0.533. The fraction of sp³-hybridized carbons (Fsp3) is 0.333. The quantitative estimate of drug-likeness (QED) is 0.876. The Labute approximate surface area is 129 Å². The lowest BCUT2D eigenvalue weighted by atomic mass is 10.1. The van der Waals surface area contributed by atoms with Crippen molar-refractivity contribution >= 4 is 28.5 Å². The number of hydrogen-bond donors (Lipinski definition) is 1. The largest absolute Gasteiger partial charge is 0.460 e. The van der Waals surface area contributed by atoms with Crippen LogP contribution >= 0.6 is 11.6 Å². The van der Waals surface area contributed by atoms with Crippen molar-refractivity contribution in [2.75, 3.05) is 13.2 Å². The fourth-order valence-corrected chi connectivity index (χ4v) is 2.52. The third kappa shape index (κ3) is 2.60. The molecule has 1 fully saturated rings. The van der Waals surface area contributed by atoms with E-state index >= 15 is 0 Å². The molecule has 0 radical (unpaired) electrons. The number of carbonyl (C=O) groups is 1. The van der Waals surface area contributed by atoms with Crippen LogP contribution in [0.1, 0.15) is 29.2 Å². The van der Waals surface area contributed by atoms with E-state index in [0.717, 1.165) is 18.9 Å². The molecule has 5 nitrogen and oxygen atoms in total. The number of fused-ring (bicyclic) bond motifs is 1. The third-order valence-corrected chi connectivity index (χ3v) is 3.85. The van der Waals surface area contributed by atoms with Crippen molar-refractivity contribution < 1.29 is 19.0 Å². The molecule has 1 heterocycles. The lowest BCUT2D eigenvalue weighted by molar-refractivity contribution is 0.0431. The molecule has 0 unspecified atom stereocenters. The van der Waals surface area contributed by atoms with E-state index < -0.39 is 17.2 Å². The Morgan fingerprint density at radius 3 is 2.82 bits per heavy atom. The summed E-state index contributed by atoms with van der Waals surface area (Å²) in [5, 5.41) is 8.72. The molecular weight excluding hydrogens is 313 g/mol. The molecule has 22 heavy (non-hydrogen) atoms. The van der Waals surface area contributed by atoms with Gasteiger partial charge in [0.05, 0.1) is 17.1 Å². The van der Waals surface area contributed by atoms with Gasteiger partial charge in [0.15, 0.2) is 0 Å². The van der Waals surface area contributed by atoms with Crippen LogP contribution in [-0.2, 0) is 4.74 Å². The van der Waals surface area contributed by atoms with Crippen molar-refractivity contribution in [1.29, 1.82) is 0 Å². The number of pyridine rings is 1. The lowest BCUT2D eigenvalue weighted by Gasteiger charge is -2.13. The number of halogens is 2. The number of nitrogens with zero attached hydrogens (tertiary/aromatic N) is 1. The van der Waals surface area contributed by atoms with Gasteiger partial charge in [-0.3, -0.25) is 4.79 Å². The van der Waals surface area contributed by atoms with E-state index in [-0.39, 0.29) is 35.2 Å². The zero-order chi connectivity index (χ0) is 15.9. The number of rotatable bonds is 4. The van der Waals surface area contributed by atoms with Crippen molar-refractivity contribution in [3.8, 4) is 0 Å². The van der Waals surface area contributed by atoms with Crippen LogP contribution in [-0.4, -0.2) is 28.9 Å². The number of hydrogen-bond acceptors (Lipinski definition) is 4. The molecule has 0 amide bonds. The van der Waals surface area contributed by atoms with Gasteiger partial charge in [-0.05, 0) is 25.0 Å². The van der Waals surface area contributed by atoms with Crippen molar-refractivity contribution in [2.24, 2.45) is 0 Å². The lowest BCUT2D eigenvalue weighted by Crippen LogP contribution is -2.21. The van der Waals surface area contributed by atoms with E-state index in [2.05, 4.69) is 0 Å². The maximum Gasteiger partial charge on any atom is 0.343 e. The Morgan fingerprint density at radius 2 is 2.18 bits per heavy atom. The molecule has 0 spiro atoms. The highest BCUT2D eigenvalue weighted by Crippen LogP contribution is 2.37. The number of esters is 1. The summed E-state index contributed by atoms with van der Waals surface area (Å²) in [4.78, 5) is 24.4. The molecule has 1 aromatic heterocycles. The molecule has 7 heteroatoms. The van der Waals surface area contributed by atoms with Gasteiger partial charge in [0.2, 0.25) is 5.43 Å². The van der Waals surface area contributed by atoms with Gasteiger partial charge in [-0.15, -0.1) is 0 Å². The van der Waals surface area contributed by atoms with Gasteiger partial charge in [-0.1, -0.05) is 11.6 Å².